The molecule has 2 aromatic rings. The van der Waals surface area contributed by atoms with Crippen molar-refractivity contribution in [3.63, 3.8) is 0 Å². The number of alkyl halides is 2. The van der Waals surface area contributed by atoms with Crippen LogP contribution in [-0.2, 0) is 30.1 Å². The van der Waals surface area contributed by atoms with E-state index in [0.717, 1.165) is 4.31 Å². The highest BCUT2D eigenvalue weighted by molar-refractivity contribution is 7.89. The van der Waals surface area contributed by atoms with Crippen molar-refractivity contribution in [2.24, 2.45) is 0 Å². The molecule has 7 nitrogen and oxygen atoms in total. The first-order valence-corrected chi connectivity index (χ1v) is 10.9. The molecule has 30 heavy (non-hydrogen) atoms. The number of hydrogen-bond acceptors (Lipinski definition) is 5. The SMILES string of the molecule is O=C1N(c2ccccc2)c2ccc(S(=O)(=O)N3CC(F)(F)C3)cc2C12OCCCO2. The number of anilines is 2. The zero-order chi connectivity index (χ0) is 21.1. The number of hydrogen-bond donors (Lipinski definition) is 0. The summed E-state index contributed by atoms with van der Waals surface area (Å²) in [5, 5.41) is 0. The van der Waals surface area contributed by atoms with Crippen LogP contribution in [-0.4, -0.2) is 50.9 Å². The fraction of sp³-hybridized carbons (Fsp3) is 0.350. The lowest BCUT2D eigenvalue weighted by molar-refractivity contribution is -0.256. The van der Waals surface area contributed by atoms with Crippen molar-refractivity contribution in [2.45, 2.75) is 23.0 Å². The number of fused-ring (bicyclic) bond motifs is 2. The van der Waals surface area contributed by atoms with Gasteiger partial charge in [0.1, 0.15) is 0 Å². The lowest BCUT2D eigenvalue weighted by Gasteiger charge is -2.37. The Labute approximate surface area is 171 Å². The summed E-state index contributed by atoms with van der Waals surface area (Å²) in [4.78, 5) is 14.6. The maximum atomic E-state index is 13.4. The molecule has 3 aliphatic heterocycles. The maximum Gasteiger partial charge on any atom is 0.297 e. The van der Waals surface area contributed by atoms with Crippen LogP contribution in [0.25, 0.3) is 0 Å². The number of nitrogens with zero attached hydrogens (tertiary/aromatic N) is 2. The average Bonchev–Trinajstić information content (AvgIpc) is 2.95. The second-order valence-corrected chi connectivity index (χ2v) is 9.39. The fourth-order valence-corrected chi connectivity index (χ4v) is 5.46. The first-order valence-electron chi connectivity index (χ1n) is 9.45. The third-order valence-electron chi connectivity index (χ3n) is 5.42. The van der Waals surface area contributed by atoms with Crippen molar-refractivity contribution in [3.05, 3.63) is 54.1 Å². The summed E-state index contributed by atoms with van der Waals surface area (Å²) in [6.45, 7) is -1.19. The minimum atomic E-state index is -4.14. The predicted molar refractivity (Wildman–Crippen MR) is 102 cm³/mol. The molecule has 158 valence electrons. The molecular weight excluding hydrogens is 418 g/mol. The second kappa shape index (κ2) is 6.55. The molecule has 0 saturated carbocycles. The third kappa shape index (κ3) is 2.78. The predicted octanol–water partition coefficient (Wildman–Crippen LogP) is 2.59. The van der Waals surface area contributed by atoms with Crippen molar-refractivity contribution in [3.8, 4) is 0 Å². The Hall–Kier alpha value is -2.40. The number of ether oxygens (including phenoxy) is 2. The normalized spacial score (nSPS) is 22.7. The molecular formula is C20H18F2N2O5S. The number of amides is 1. The molecule has 0 radical (unpaired) electrons. The van der Waals surface area contributed by atoms with E-state index in [1.54, 1.807) is 24.3 Å². The zero-order valence-corrected chi connectivity index (χ0v) is 16.6. The van der Waals surface area contributed by atoms with E-state index in [1.807, 2.05) is 6.07 Å². The molecule has 0 N–H and O–H groups in total. The highest BCUT2D eigenvalue weighted by Gasteiger charge is 2.56. The summed E-state index contributed by atoms with van der Waals surface area (Å²) in [7, 11) is -4.14. The number of benzene rings is 2. The number of para-hydroxylation sites is 1. The van der Waals surface area contributed by atoms with Crippen LogP contribution in [0.2, 0.25) is 0 Å². The second-order valence-electron chi connectivity index (χ2n) is 7.45. The largest absolute Gasteiger partial charge is 0.338 e. The molecule has 2 fully saturated rings. The smallest absolute Gasteiger partial charge is 0.297 e. The van der Waals surface area contributed by atoms with Gasteiger partial charge in [-0.05, 0) is 36.8 Å². The Kier molecular flexibility index (Phi) is 4.27. The molecule has 10 heteroatoms. The van der Waals surface area contributed by atoms with Gasteiger partial charge in [-0.2, -0.15) is 4.31 Å². The van der Waals surface area contributed by atoms with Crippen molar-refractivity contribution in [1.29, 1.82) is 0 Å². The highest BCUT2D eigenvalue weighted by atomic mass is 32.2. The topological polar surface area (TPSA) is 76.2 Å². The molecule has 2 saturated heterocycles. The van der Waals surface area contributed by atoms with Crippen molar-refractivity contribution in [2.75, 3.05) is 31.2 Å². The van der Waals surface area contributed by atoms with Crippen LogP contribution in [0.3, 0.4) is 0 Å². The van der Waals surface area contributed by atoms with Crippen LogP contribution >= 0.6 is 0 Å². The van der Waals surface area contributed by atoms with Gasteiger partial charge in [0.05, 0.1) is 36.9 Å². The van der Waals surface area contributed by atoms with Gasteiger partial charge in [-0.1, -0.05) is 18.2 Å². The van der Waals surface area contributed by atoms with E-state index < -0.39 is 40.7 Å². The molecule has 0 unspecified atom stereocenters. The first kappa shape index (κ1) is 19.6. The van der Waals surface area contributed by atoms with Gasteiger partial charge in [0.2, 0.25) is 10.0 Å². The lowest BCUT2D eigenvalue weighted by Crippen LogP contribution is -2.58. The number of sulfonamides is 1. The Morgan fingerprint density at radius 2 is 1.63 bits per heavy atom. The van der Waals surface area contributed by atoms with Crippen molar-refractivity contribution in [1.82, 2.24) is 4.31 Å². The summed E-state index contributed by atoms with van der Waals surface area (Å²) < 4.78 is 64.4. The first-order chi connectivity index (χ1) is 14.2. The Morgan fingerprint density at radius 1 is 0.967 bits per heavy atom. The van der Waals surface area contributed by atoms with E-state index in [2.05, 4.69) is 0 Å². The Bertz CT molecular complexity index is 1110. The van der Waals surface area contributed by atoms with E-state index in [0.29, 0.717) is 17.8 Å². The van der Waals surface area contributed by atoms with Gasteiger partial charge in [-0.15, -0.1) is 0 Å². The van der Waals surface area contributed by atoms with Gasteiger partial charge in [0, 0.05) is 11.3 Å². The van der Waals surface area contributed by atoms with Gasteiger partial charge in [0.25, 0.3) is 17.6 Å². The van der Waals surface area contributed by atoms with Gasteiger partial charge in [0.15, 0.2) is 0 Å². The molecule has 0 bridgehead atoms. The summed E-state index contributed by atoms with van der Waals surface area (Å²) >= 11 is 0. The molecule has 1 amide bonds. The van der Waals surface area contributed by atoms with Gasteiger partial charge >= 0.3 is 0 Å². The van der Waals surface area contributed by atoms with Crippen LogP contribution in [0.1, 0.15) is 12.0 Å². The quantitative estimate of drug-likeness (QED) is 0.739. The van der Waals surface area contributed by atoms with Crippen LogP contribution < -0.4 is 4.90 Å². The van der Waals surface area contributed by atoms with E-state index in [9.17, 15) is 22.0 Å². The Morgan fingerprint density at radius 3 is 2.27 bits per heavy atom. The summed E-state index contributed by atoms with van der Waals surface area (Å²) in [5.74, 6) is -5.26. The molecule has 0 atom stereocenters. The number of carbonyl (C=O) groups excluding carboxylic acids is 1. The van der Waals surface area contributed by atoms with Crippen molar-refractivity contribution >= 4 is 27.3 Å². The van der Waals surface area contributed by atoms with Gasteiger partial charge < -0.3 is 9.47 Å². The standard InChI is InChI=1S/C20H18F2N2O5S/c21-19(22)12-23(13-19)30(26,27)15-7-8-17-16(11-15)20(28-9-4-10-29-20)18(25)24(17)14-5-2-1-3-6-14/h1-3,5-8,11H,4,9-10,12-13H2. The minimum absolute atomic E-state index is 0.184. The van der Waals surface area contributed by atoms with Crippen molar-refractivity contribution < 1.29 is 31.5 Å². The Balaban J connectivity index is 1.62. The number of carbonyl (C=O) groups is 1. The van der Waals surface area contributed by atoms with E-state index in [4.69, 9.17) is 9.47 Å². The average molecular weight is 436 g/mol. The summed E-state index contributed by atoms with van der Waals surface area (Å²) in [6.07, 6.45) is 0.594. The minimum Gasteiger partial charge on any atom is -0.338 e. The van der Waals surface area contributed by atoms with Crippen LogP contribution in [0.5, 0.6) is 0 Å². The molecule has 2 aromatic carbocycles. The van der Waals surface area contributed by atoms with Gasteiger partial charge in [-0.3, -0.25) is 9.69 Å². The molecule has 5 rings (SSSR count). The monoisotopic (exact) mass is 436 g/mol. The number of rotatable bonds is 3. The summed E-state index contributed by atoms with van der Waals surface area (Å²) in [5.41, 5.74) is 1.27. The maximum absolute atomic E-state index is 13.4. The molecule has 0 aliphatic carbocycles. The lowest BCUT2D eigenvalue weighted by atomic mass is 10.1. The molecule has 1 spiro atoms. The third-order valence-corrected chi connectivity index (χ3v) is 7.20. The van der Waals surface area contributed by atoms with Crippen LogP contribution in [0, 0.1) is 0 Å². The summed E-state index contributed by atoms with van der Waals surface area (Å²) in [6, 6.07) is 13.0. The molecule has 3 heterocycles. The number of halogens is 2. The van der Waals surface area contributed by atoms with E-state index in [1.165, 1.54) is 23.1 Å². The van der Waals surface area contributed by atoms with E-state index >= 15 is 0 Å². The highest BCUT2D eigenvalue weighted by Crippen LogP contribution is 2.49. The van der Waals surface area contributed by atoms with Gasteiger partial charge in [-0.25, -0.2) is 17.2 Å². The zero-order valence-electron chi connectivity index (χ0n) is 15.8. The molecule has 0 aromatic heterocycles. The van der Waals surface area contributed by atoms with Crippen LogP contribution in [0.4, 0.5) is 20.2 Å². The fourth-order valence-electron chi connectivity index (χ4n) is 3.94. The van der Waals surface area contributed by atoms with Crippen LogP contribution in [0.15, 0.2) is 53.4 Å². The molecule has 3 aliphatic rings. The van der Waals surface area contributed by atoms with E-state index in [-0.39, 0.29) is 23.7 Å².